The molecule has 0 aliphatic carbocycles. The van der Waals surface area contributed by atoms with Gasteiger partial charge in [0.1, 0.15) is 48.1 Å². The number of aliphatic hydroxyl groups excluding tert-OH is 1. The van der Waals surface area contributed by atoms with Crippen LogP contribution in [0.3, 0.4) is 0 Å². The smallest absolute Gasteiger partial charge is 0.342 e. The largest absolute Gasteiger partial charge is 0.491 e. The quantitative estimate of drug-likeness (QED) is 0.210. The number of hydrogen-bond acceptors (Lipinski definition) is 11. The van der Waals surface area contributed by atoms with E-state index < -0.39 is 48.2 Å². The Kier molecular flexibility index (Phi) is 12.8. The summed E-state index contributed by atoms with van der Waals surface area (Å²) in [5.41, 5.74) is 0.984. The summed E-state index contributed by atoms with van der Waals surface area (Å²) in [7, 11) is 1.46. The predicted octanol–water partition coefficient (Wildman–Crippen LogP) is 4.45. The van der Waals surface area contributed by atoms with Crippen molar-refractivity contribution in [1.29, 1.82) is 0 Å². The summed E-state index contributed by atoms with van der Waals surface area (Å²) < 4.78 is 41.3. The zero-order chi connectivity index (χ0) is 34.8. The lowest BCUT2D eigenvalue weighted by Crippen LogP contribution is -2.37. The van der Waals surface area contributed by atoms with Crippen molar-refractivity contribution in [2.75, 3.05) is 27.1 Å². The first-order valence-electron chi connectivity index (χ1n) is 15.9. The van der Waals surface area contributed by atoms with Crippen LogP contribution < -0.4 is 14.8 Å². The number of aliphatic hydroxyl groups is 1. The molecule has 5 unspecified atom stereocenters. The number of amides is 1. The van der Waals surface area contributed by atoms with E-state index in [-0.39, 0.29) is 43.1 Å². The molecule has 2 aliphatic rings. The summed E-state index contributed by atoms with van der Waals surface area (Å²) in [6, 6.07) is 11.9. The number of carbonyl (C=O) groups excluding carboxylic acids is 3. The van der Waals surface area contributed by atoms with Crippen LogP contribution in [0.1, 0.15) is 67.3 Å². The van der Waals surface area contributed by atoms with Crippen molar-refractivity contribution >= 4 is 23.9 Å². The fourth-order valence-corrected chi connectivity index (χ4v) is 5.20. The van der Waals surface area contributed by atoms with Gasteiger partial charge in [0.2, 0.25) is 5.91 Å². The van der Waals surface area contributed by atoms with Crippen molar-refractivity contribution in [2.24, 2.45) is 5.92 Å². The second kappa shape index (κ2) is 16.7. The molecule has 260 valence electrons. The van der Waals surface area contributed by atoms with Crippen LogP contribution in [-0.4, -0.2) is 86.3 Å². The summed E-state index contributed by atoms with van der Waals surface area (Å²) in [6.45, 7) is 8.33. The Labute approximate surface area is 280 Å². The van der Waals surface area contributed by atoms with Gasteiger partial charge >= 0.3 is 11.9 Å². The monoisotopic (exact) mass is 667 g/mol. The summed E-state index contributed by atoms with van der Waals surface area (Å²) in [6.07, 6.45) is 3.92. The van der Waals surface area contributed by atoms with Crippen molar-refractivity contribution in [2.45, 2.75) is 77.3 Å². The maximum Gasteiger partial charge on any atom is 0.342 e. The van der Waals surface area contributed by atoms with E-state index in [9.17, 15) is 19.5 Å². The Morgan fingerprint density at radius 2 is 1.83 bits per heavy atom. The van der Waals surface area contributed by atoms with E-state index >= 15 is 0 Å². The fourth-order valence-electron chi connectivity index (χ4n) is 5.20. The highest BCUT2D eigenvalue weighted by Crippen LogP contribution is 2.36. The number of carbonyl (C=O) groups is 3. The minimum atomic E-state index is -0.981. The van der Waals surface area contributed by atoms with Crippen molar-refractivity contribution in [3.63, 3.8) is 0 Å². The minimum Gasteiger partial charge on any atom is -0.491 e. The zero-order valence-electron chi connectivity index (χ0n) is 28.2. The van der Waals surface area contributed by atoms with Gasteiger partial charge < -0.3 is 43.6 Å². The van der Waals surface area contributed by atoms with Gasteiger partial charge in [-0.3, -0.25) is 4.79 Å². The number of nitrogens with one attached hydrogen (secondary N) is 1. The third-order valence-corrected chi connectivity index (χ3v) is 7.77. The van der Waals surface area contributed by atoms with Crippen LogP contribution in [0.25, 0.3) is 6.08 Å². The molecule has 2 N–H and O–H groups in total. The summed E-state index contributed by atoms with van der Waals surface area (Å²) in [5.74, 6) is -2.21. The van der Waals surface area contributed by atoms with Gasteiger partial charge in [-0.05, 0) is 57.0 Å². The molecule has 0 aromatic heterocycles. The topological polar surface area (TPSA) is 148 Å². The number of benzene rings is 2. The highest BCUT2D eigenvalue weighted by atomic mass is 16.8. The number of rotatable bonds is 10. The first-order chi connectivity index (χ1) is 22.9. The van der Waals surface area contributed by atoms with Crippen molar-refractivity contribution in [1.82, 2.24) is 5.32 Å². The van der Waals surface area contributed by atoms with E-state index in [1.807, 2.05) is 25.1 Å². The zero-order valence-corrected chi connectivity index (χ0v) is 28.2. The third kappa shape index (κ3) is 10.1. The summed E-state index contributed by atoms with van der Waals surface area (Å²) in [5, 5.41) is 12.8. The maximum absolute atomic E-state index is 13.7. The first-order valence-corrected chi connectivity index (χ1v) is 15.9. The molecule has 0 saturated carbocycles. The number of ether oxygens (including phenoxy) is 7. The van der Waals surface area contributed by atoms with Crippen LogP contribution in [0.15, 0.2) is 60.7 Å². The molecule has 2 aliphatic heterocycles. The molecule has 1 amide bonds. The molecule has 1 saturated heterocycles. The van der Waals surface area contributed by atoms with Crippen molar-refractivity contribution in [3.05, 3.63) is 77.4 Å². The fraction of sp³-hybridized carbons (Fsp3) is 0.472. The first kappa shape index (κ1) is 36.6. The SMILES string of the molecule is COCOc1cc(OCC(O)CNC(C)=O)cc2c1C(=O)OC(C)[C@H](C)/C=C\C(OC(=O)c1ccccc1)C1OC(C)(C)OC1C/C=C/2. The Morgan fingerprint density at radius 1 is 1.08 bits per heavy atom. The van der Waals surface area contributed by atoms with Crippen molar-refractivity contribution < 1.29 is 52.6 Å². The lowest BCUT2D eigenvalue weighted by Gasteiger charge is -2.26. The van der Waals surface area contributed by atoms with Gasteiger partial charge in [-0.15, -0.1) is 0 Å². The third-order valence-electron chi connectivity index (χ3n) is 7.77. The Balaban J connectivity index is 1.71. The van der Waals surface area contributed by atoms with E-state index in [0.29, 0.717) is 23.3 Å². The van der Waals surface area contributed by atoms with E-state index in [2.05, 4.69) is 5.32 Å². The minimum absolute atomic E-state index is 0.00663. The molecule has 6 atom stereocenters. The van der Waals surface area contributed by atoms with Crippen molar-refractivity contribution in [3.8, 4) is 11.5 Å². The normalized spacial score (nSPS) is 25.6. The molecule has 2 aromatic carbocycles. The molecular formula is C36H45NO11. The molecule has 2 heterocycles. The van der Waals surface area contributed by atoms with E-state index in [1.54, 1.807) is 63.3 Å². The molecule has 2 aromatic rings. The van der Waals surface area contributed by atoms with Crippen LogP contribution in [0, 0.1) is 5.92 Å². The molecule has 12 heteroatoms. The van der Waals surface area contributed by atoms with E-state index in [4.69, 9.17) is 33.2 Å². The Morgan fingerprint density at radius 3 is 2.54 bits per heavy atom. The average Bonchev–Trinajstić information content (AvgIpc) is 3.36. The summed E-state index contributed by atoms with van der Waals surface area (Å²) >= 11 is 0. The number of cyclic esters (lactones) is 1. The van der Waals surface area contributed by atoms with Crippen LogP contribution in [0.5, 0.6) is 11.5 Å². The maximum atomic E-state index is 13.7. The van der Waals surface area contributed by atoms with Crippen LogP contribution >= 0.6 is 0 Å². The predicted molar refractivity (Wildman–Crippen MR) is 175 cm³/mol. The lowest BCUT2D eigenvalue weighted by molar-refractivity contribution is -0.152. The standard InChI is InChI=1S/C36H45NO11/c1-22-15-16-29(46-34(40)25-11-8-7-9-12-25)33-30(47-36(4,5)48-33)14-10-13-26-17-28(43-20-27(39)19-37-24(3)38)18-31(44-21-42-6)32(26)35(41)45-23(22)2/h7-13,15-18,22-23,27,29-30,33,39H,14,19-21H2,1-6H3,(H,37,38)/b13-10+,16-15-/t22-,23?,27?,29?,30?,33?/m1/s1. The number of hydrogen-bond donors (Lipinski definition) is 2. The van der Waals surface area contributed by atoms with Gasteiger partial charge in [0.25, 0.3) is 0 Å². The van der Waals surface area contributed by atoms with Crippen LogP contribution in [0.4, 0.5) is 0 Å². The van der Waals surface area contributed by atoms with Crippen LogP contribution in [0.2, 0.25) is 0 Å². The number of fused-ring (bicyclic) bond motifs is 2. The second-order valence-corrected chi connectivity index (χ2v) is 12.2. The molecule has 0 radical (unpaired) electrons. The molecule has 12 nitrogen and oxygen atoms in total. The average molecular weight is 668 g/mol. The van der Waals surface area contributed by atoms with Crippen LogP contribution in [-0.2, 0) is 28.5 Å². The molecular weight excluding hydrogens is 622 g/mol. The van der Waals surface area contributed by atoms with Gasteiger partial charge in [0, 0.05) is 32.6 Å². The Hall–Kier alpha value is -4.23. The number of methoxy groups -OCH3 is 1. The van der Waals surface area contributed by atoms with Gasteiger partial charge in [-0.2, -0.15) is 0 Å². The van der Waals surface area contributed by atoms with E-state index in [1.165, 1.54) is 20.1 Å². The van der Waals surface area contributed by atoms with Gasteiger partial charge in [-0.1, -0.05) is 43.4 Å². The number of esters is 2. The molecule has 0 spiro atoms. The molecule has 1 fully saturated rings. The molecule has 0 bridgehead atoms. The summed E-state index contributed by atoms with van der Waals surface area (Å²) in [4.78, 5) is 38.1. The van der Waals surface area contributed by atoms with Gasteiger partial charge in [-0.25, -0.2) is 9.59 Å². The second-order valence-electron chi connectivity index (χ2n) is 12.2. The molecule has 48 heavy (non-hydrogen) atoms. The van der Waals surface area contributed by atoms with Gasteiger partial charge in [0.05, 0.1) is 11.7 Å². The highest BCUT2D eigenvalue weighted by molar-refractivity contribution is 5.97. The lowest BCUT2D eigenvalue weighted by atomic mass is 9.98. The molecule has 4 rings (SSSR count). The Bertz CT molecular complexity index is 1470. The van der Waals surface area contributed by atoms with Gasteiger partial charge in [0.15, 0.2) is 12.6 Å². The highest BCUT2D eigenvalue weighted by Gasteiger charge is 2.45. The van der Waals surface area contributed by atoms with E-state index in [0.717, 1.165) is 0 Å².